The molecule has 2 aliphatic rings. The minimum absolute atomic E-state index is 0.0509. The number of piperidine rings is 1. The Morgan fingerprint density at radius 2 is 1.82 bits per heavy atom. The standard InChI is InChI=1S/C26H32F5N5O3/c1-15(2)21(34-24(39)26(29,30)31)22(37)33-19-13-35(11-7-17(19)16-5-8-25(27,28)9-6-16)23(38)18-4-3-10-36-14-32-12-20(18)36/h3-4,10,12,14-17,19,21H,5-9,11,13H2,1-2H3,(H,33,37)(H,34,39)/t17-,19+,21+/m0/s1. The van der Waals surface area contributed by atoms with Crippen LogP contribution in [0.4, 0.5) is 22.0 Å². The number of pyridine rings is 1. The number of imidazole rings is 1. The number of hydrogen-bond donors (Lipinski definition) is 2. The van der Waals surface area contributed by atoms with Gasteiger partial charge >= 0.3 is 12.1 Å². The summed E-state index contributed by atoms with van der Waals surface area (Å²) in [7, 11) is 0. The van der Waals surface area contributed by atoms with E-state index in [2.05, 4.69) is 10.3 Å². The first-order chi connectivity index (χ1) is 18.3. The van der Waals surface area contributed by atoms with Crippen LogP contribution in [0, 0.1) is 17.8 Å². The predicted molar refractivity (Wildman–Crippen MR) is 131 cm³/mol. The second kappa shape index (κ2) is 11.1. The molecule has 0 radical (unpaired) electrons. The number of halogens is 5. The molecule has 39 heavy (non-hydrogen) atoms. The van der Waals surface area contributed by atoms with E-state index in [1.807, 2.05) is 0 Å². The van der Waals surface area contributed by atoms with E-state index < -0.39 is 41.9 Å². The number of amides is 3. The maximum Gasteiger partial charge on any atom is 0.471 e. The van der Waals surface area contributed by atoms with Gasteiger partial charge in [-0.2, -0.15) is 13.2 Å². The van der Waals surface area contributed by atoms with Gasteiger partial charge in [-0.05, 0) is 49.1 Å². The molecule has 1 aliphatic carbocycles. The van der Waals surface area contributed by atoms with Gasteiger partial charge in [-0.25, -0.2) is 13.8 Å². The van der Waals surface area contributed by atoms with Gasteiger partial charge < -0.3 is 19.9 Å². The molecule has 3 atom stereocenters. The number of aromatic nitrogens is 2. The van der Waals surface area contributed by atoms with Crippen molar-refractivity contribution in [1.29, 1.82) is 0 Å². The molecule has 214 valence electrons. The molecule has 8 nitrogen and oxygen atoms in total. The molecule has 0 unspecified atom stereocenters. The van der Waals surface area contributed by atoms with Gasteiger partial charge in [0.25, 0.3) is 5.91 Å². The Morgan fingerprint density at radius 1 is 1.13 bits per heavy atom. The van der Waals surface area contributed by atoms with E-state index in [-0.39, 0.29) is 50.0 Å². The summed E-state index contributed by atoms with van der Waals surface area (Å²) in [5, 5.41) is 4.54. The van der Waals surface area contributed by atoms with Crippen LogP contribution in [0.15, 0.2) is 30.9 Å². The first-order valence-electron chi connectivity index (χ1n) is 13.0. The minimum atomic E-state index is -5.16. The average molecular weight is 558 g/mol. The smallest absolute Gasteiger partial charge is 0.350 e. The number of carbonyl (C=O) groups is 3. The molecule has 2 N–H and O–H groups in total. The normalized spacial score (nSPS) is 23.0. The lowest BCUT2D eigenvalue weighted by Gasteiger charge is -2.44. The first-order valence-corrected chi connectivity index (χ1v) is 13.0. The highest BCUT2D eigenvalue weighted by Crippen LogP contribution is 2.42. The summed E-state index contributed by atoms with van der Waals surface area (Å²) in [5.74, 6) is -7.16. The zero-order valence-corrected chi connectivity index (χ0v) is 21.7. The molecule has 3 amide bonds. The Kier molecular flexibility index (Phi) is 8.17. The fraction of sp³-hybridized carbons (Fsp3) is 0.615. The highest BCUT2D eigenvalue weighted by Gasteiger charge is 2.45. The second-order valence-corrected chi connectivity index (χ2v) is 10.8. The summed E-state index contributed by atoms with van der Waals surface area (Å²) in [6, 6.07) is 1.19. The van der Waals surface area contributed by atoms with Gasteiger partial charge in [0.1, 0.15) is 6.04 Å². The molecule has 1 aliphatic heterocycles. The van der Waals surface area contributed by atoms with Gasteiger partial charge in [0, 0.05) is 38.2 Å². The number of carbonyl (C=O) groups excluding carboxylic acids is 3. The summed E-state index contributed by atoms with van der Waals surface area (Å²) in [6.45, 7) is 3.39. The molecule has 2 fully saturated rings. The number of nitrogens with one attached hydrogen (secondary N) is 2. The molecule has 1 saturated heterocycles. The minimum Gasteiger partial charge on any atom is -0.350 e. The lowest BCUT2D eigenvalue weighted by Crippen LogP contribution is -2.60. The van der Waals surface area contributed by atoms with E-state index in [1.54, 1.807) is 45.5 Å². The quantitative estimate of drug-likeness (QED) is 0.529. The number of hydrogen-bond acceptors (Lipinski definition) is 4. The molecular weight excluding hydrogens is 525 g/mol. The number of likely N-dealkylation sites (tertiary alicyclic amines) is 1. The molecule has 0 bridgehead atoms. The fourth-order valence-electron chi connectivity index (χ4n) is 5.69. The summed E-state index contributed by atoms with van der Waals surface area (Å²) in [6.07, 6.45) is 0.0433. The third-order valence-corrected chi connectivity index (χ3v) is 7.82. The van der Waals surface area contributed by atoms with Crippen LogP contribution in [0.2, 0.25) is 0 Å². The van der Waals surface area contributed by atoms with Gasteiger partial charge in [-0.15, -0.1) is 0 Å². The molecule has 0 aromatic carbocycles. The van der Waals surface area contributed by atoms with Gasteiger partial charge in [0.15, 0.2) is 0 Å². The highest BCUT2D eigenvalue weighted by molar-refractivity contribution is 6.00. The van der Waals surface area contributed by atoms with Crippen molar-refractivity contribution >= 4 is 23.2 Å². The van der Waals surface area contributed by atoms with Crippen LogP contribution in [0.5, 0.6) is 0 Å². The largest absolute Gasteiger partial charge is 0.471 e. The molecule has 2 aromatic rings. The second-order valence-electron chi connectivity index (χ2n) is 10.8. The predicted octanol–water partition coefficient (Wildman–Crippen LogP) is 3.81. The van der Waals surface area contributed by atoms with Gasteiger partial charge in [0.05, 0.1) is 23.6 Å². The number of alkyl halides is 5. The topological polar surface area (TPSA) is 95.8 Å². The molecule has 13 heteroatoms. The van der Waals surface area contributed by atoms with Crippen LogP contribution in [-0.2, 0) is 9.59 Å². The number of rotatable bonds is 6. The maximum absolute atomic E-state index is 13.9. The fourth-order valence-corrected chi connectivity index (χ4v) is 5.69. The van der Waals surface area contributed by atoms with Crippen molar-refractivity contribution in [2.24, 2.45) is 17.8 Å². The van der Waals surface area contributed by atoms with Crippen LogP contribution in [0.1, 0.15) is 56.3 Å². The van der Waals surface area contributed by atoms with Crippen molar-refractivity contribution in [3.8, 4) is 0 Å². The first kappa shape index (κ1) is 28.8. The van der Waals surface area contributed by atoms with Crippen LogP contribution in [-0.4, -0.2) is 69.3 Å². The van der Waals surface area contributed by atoms with Crippen molar-refractivity contribution in [3.05, 3.63) is 36.4 Å². The van der Waals surface area contributed by atoms with E-state index >= 15 is 0 Å². The van der Waals surface area contributed by atoms with Gasteiger partial charge in [-0.1, -0.05) is 13.8 Å². The number of nitrogens with zero attached hydrogens (tertiary/aromatic N) is 3. The van der Waals surface area contributed by atoms with Gasteiger partial charge in [-0.3, -0.25) is 14.4 Å². The SMILES string of the molecule is CC(C)[C@@H](NC(=O)C(F)(F)F)C(=O)N[C@@H]1CN(C(=O)c2cccn3cncc23)CC[C@H]1C1CCC(F)(F)CC1. The van der Waals surface area contributed by atoms with Crippen LogP contribution < -0.4 is 10.6 Å². The van der Waals surface area contributed by atoms with Crippen LogP contribution >= 0.6 is 0 Å². The monoisotopic (exact) mass is 557 g/mol. The molecule has 1 saturated carbocycles. The number of fused-ring (bicyclic) bond motifs is 1. The van der Waals surface area contributed by atoms with Crippen LogP contribution in [0.3, 0.4) is 0 Å². The van der Waals surface area contributed by atoms with Crippen LogP contribution in [0.25, 0.3) is 5.52 Å². The third-order valence-electron chi connectivity index (χ3n) is 7.82. The molecule has 3 heterocycles. The Labute approximate surface area is 222 Å². The van der Waals surface area contributed by atoms with E-state index in [4.69, 9.17) is 0 Å². The van der Waals surface area contributed by atoms with E-state index in [9.17, 15) is 36.3 Å². The zero-order chi connectivity index (χ0) is 28.5. The molecule has 4 rings (SSSR count). The van der Waals surface area contributed by atoms with E-state index in [1.165, 1.54) is 13.8 Å². The summed E-state index contributed by atoms with van der Waals surface area (Å²) < 4.78 is 68.1. The summed E-state index contributed by atoms with van der Waals surface area (Å²) >= 11 is 0. The Bertz CT molecular complexity index is 1200. The third kappa shape index (κ3) is 6.50. The Hall–Kier alpha value is -3.25. The summed E-state index contributed by atoms with van der Waals surface area (Å²) in [4.78, 5) is 43.9. The van der Waals surface area contributed by atoms with Crippen molar-refractivity contribution in [1.82, 2.24) is 24.9 Å². The average Bonchev–Trinajstić information content (AvgIpc) is 3.35. The lowest BCUT2D eigenvalue weighted by atomic mass is 9.72. The van der Waals surface area contributed by atoms with E-state index in [0.717, 1.165) is 0 Å². The molecule has 2 aromatic heterocycles. The molecule has 0 spiro atoms. The van der Waals surface area contributed by atoms with Crippen molar-refractivity contribution in [2.75, 3.05) is 13.1 Å². The lowest BCUT2D eigenvalue weighted by molar-refractivity contribution is -0.175. The van der Waals surface area contributed by atoms with Crippen molar-refractivity contribution in [3.63, 3.8) is 0 Å². The molecular formula is C26H32F5N5O3. The van der Waals surface area contributed by atoms with E-state index in [0.29, 0.717) is 24.0 Å². The highest BCUT2D eigenvalue weighted by atomic mass is 19.4. The Morgan fingerprint density at radius 3 is 2.46 bits per heavy atom. The summed E-state index contributed by atoms with van der Waals surface area (Å²) in [5.41, 5.74) is 0.989. The van der Waals surface area contributed by atoms with Crippen molar-refractivity contribution < 1.29 is 36.3 Å². The van der Waals surface area contributed by atoms with Gasteiger partial charge in [0.2, 0.25) is 11.8 Å². The maximum atomic E-state index is 13.9. The van der Waals surface area contributed by atoms with Crippen molar-refractivity contribution in [2.45, 2.75) is 70.1 Å². The zero-order valence-electron chi connectivity index (χ0n) is 21.7. The Balaban J connectivity index is 1.56.